The number of allylic oxidation sites excluding steroid dienone is 1. The maximum atomic E-state index is 11.1. The molecule has 108 valence electrons. The lowest BCUT2D eigenvalue weighted by Crippen LogP contribution is -2.55. The minimum absolute atomic E-state index is 0.00778. The monoisotopic (exact) mass is 285 g/mol. The Labute approximate surface area is 120 Å². The minimum atomic E-state index is -0.481. The molecule has 19 heavy (non-hydrogen) atoms. The van der Waals surface area contributed by atoms with Gasteiger partial charge in [0, 0.05) is 6.08 Å². The molecule has 0 aromatic heterocycles. The fourth-order valence-corrected chi connectivity index (χ4v) is 4.73. The summed E-state index contributed by atoms with van der Waals surface area (Å²) in [4.78, 5) is 11.1. The van der Waals surface area contributed by atoms with E-state index >= 15 is 0 Å². The third-order valence-electron chi connectivity index (χ3n) is 5.19. The van der Waals surface area contributed by atoms with E-state index in [4.69, 9.17) is 17.3 Å². The average Bonchev–Trinajstić information content (AvgIpc) is 2.24. The van der Waals surface area contributed by atoms with Gasteiger partial charge in [0.05, 0.1) is 11.5 Å². The Morgan fingerprint density at radius 3 is 2.68 bits per heavy atom. The van der Waals surface area contributed by atoms with E-state index in [1.54, 1.807) is 6.08 Å². The molecule has 3 nitrogen and oxygen atoms in total. The number of aliphatic hydroxyl groups excluding tert-OH is 1. The number of primary amides is 1. The number of carbonyl (C=O) groups is 1. The van der Waals surface area contributed by atoms with Crippen molar-refractivity contribution in [1.82, 2.24) is 0 Å². The van der Waals surface area contributed by atoms with Gasteiger partial charge in [-0.2, -0.15) is 0 Å². The Balaban J connectivity index is 2.30. The molecule has 0 aliphatic heterocycles. The van der Waals surface area contributed by atoms with Crippen LogP contribution in [0.3, 0.4) is 0 Å². The number of rotatable bonds is 1. The van der Waals surface area contributed by atoms with E-state index in [9.17, 15) is 9.90 Å². The Hall–Kier alpha value is -0.540. The summed E-state index contributed by atoms with van der Waals surface area (Å²) < 4.78 is 0. The summed E-state index contributed by atoms with van der Waals surface area (Å²) in [6, 6.07) is 0. The largest absolute Gasteiger partial charge is 0.392 e. The zero-order valence-corrected chi connectivity index (χ0v) is 12.7. The highest BCUT2D eigenvalue weighted by atomic mass is 35.5. The quantitative estimate of drug-likeness (QED) is 0.574. The van der Waals surface area contributed by atoms with E-state index in [0.717, 1.165) is 24.8 Å². The van der Waals surface area contributed by atoms with Crippen LogP contribution < -0.4 is 5.73 Å². The normalized spacial score (nSPS) is 43.8. The topological polar surface area (TPSA) is 63.3 Å². The van der Waals surface area contributed by atoms with Crippen LogP contribution in [0.25, 0.3) is 0 Å². The van der Waals surface area contributed by atoms with Crippen LogP contribution in [0.2, 0.25) is 0 Å². The van der Waals surface area contributed by atoms with Gasteiger partial charge in [-0.15, -0.1) is 11.6 Å². The Bertz CT molecular complexity index is 418. The molecule has 0 bridgehead atoms. The Morgan fingerprint density at radius 1 is 1.47 bits per heavy atom. The highest BCUT2D eigenvalue weighted by Crippen LogP contribution is 2.59. The highest BCUT2D eigenvalue weighted by Gasteiger charge is 2.55. The van der Waals surface area contributed by atoms with Crippen LogP contribution in [-0.4, -0.2) is 22.5 Å². The Kier molecular flexibility index (Phi) is 3.74. The smallest absolute Gasteiger partial charge is 0.241 e. The standard InChI is InChI=1S/C15H24ClNO2/c1-14(2)11-5-4-9(6-12(17)19)7-15(11,3)8-10(18)13(14)16/h6,10-11,13,18H,4-5,7-8H2,1-3H3,(H2,17,19)/b9-6+/t10-,11-,13-,15-/m0/s1. The van der Waals surface area contributed by atoms with Crippen molar-refractivity contribution in [2.24, 2.45) is 22.5 Å². The maximum Gasteiger partial charge on any atom is 0.241 e. The lowest BCUT2D eigenvalue weighted by molar-refractivity contribution is -0.113. The zero-order chi connectivity index (χ0) is 14.4. The second-order valence-electron chi connectivity index (χ2n) is 7.12. The molecule has 0 radical (unpaired) electrons. The predicted octanol–water partition coefficient (Wildman–Crippen LogP) is 2.60. The number of carbonyl (C=O) groups excluding carboxylic acids is 1. The summed E-state index contributed by atoms with van der Waals surface area (Å²) >= 11 is 6.42. The molecule has 2 fully saturated rings. The molecule has 2 saturated carbocycles. The van der Waals surface area contributed by atoms with Crippen molar-refractivity contribution in [1.29, 1.82) is 0 Å². The van der Waals surface area contributed by atoms with Gasteiger partial charge in [0.25, 0.3) is 0 Å². The minimum Gasteiger partial charge on any atom is -0.392 e. The second kappa shape index (κ2) is 4.78. The molecular formula is C15H24ClNO2. The molecule has 4 heteroatoms. The molecule has 0 unspecified atom stereocenters. The van der Waals surface area contributed by atoms with Crippen molar-refractivity contribution < 1.29 is 9.90 Å². The van der Waals surface area contributed by atoms with Gasteiger partial charge >= 0.3 is 0 Å². The molecule has 0 heterocycles. The van der Waals surface area contributed by atoms with E-state index in [2.05, 4.69) is 20.8 Å². The van der Waals surface area contributed by atoms with Gasteiger partial charge in [0.2, 0.25) is 5.91 Å². The van der Waals surface area contributed by atoms with Gasteiger partial charge in [0.15, 0.2) is 0 Å². The van der Waals surface area contributed by atoms with Crippen LogP contribution >= 0.6 is 11.6 Å². The van der Waals surface area contributed by atoms with Gasteiger partial charge in [-0.25, -0.2) is 0 Å². The summed E-state index contributed by atoms with van der Waals surface area (Å²) in [7, 11) is 0. The molecule has 4 atom stereocenters. The first-order chi connectivity index (χ1) is 8.67. The van der Waals surface area contributed by atoms with E-state index < -0.39 is 6.10 Å². The van der Waals surface area contributed by atoms with Crippen molar-refractivity contribution in [3.63, 3.8) is 0 Å². The van der Waals surface area contributed by atoms with E-state index in [1.807, 2.05) is 0 Å². The molecule has 0 saturated heterocycles. The SMILES string of the molecule is CC1(C)[C@@H](Cl)[C@@H](O)C[C@]2(C)C/C(=C/C(N)=O)CC[C@@H]12. The number of aliphatic hydroxyl groups is 1. The van der Waals surface area contributed by atoms with Crippen LogP contribution in [0.1, 0.15) is 46.5 Å². The lowest BCUT2D eigenvalue weighted by atomic mass is 9.50. The summed E-state index contributed by atoms with van der Waals surface area (Å²) in [5.74, 6) is 0.0961. The molecule has 2 rings (SSSR count). The average molecular weight is 286 g/mol. The van der Waals surface area contributed by atoms with Gasteiger partial charge in [-0.1, -0.05) is 26.3 Å². The summed E-state index contributed by atoms with van der Waals surface area (Å²) in [5.41, 5.74) is 6.28. The molecule has 2 aliphatic carbocycles. The molecule has 0 aromatic rings. The van der Waals surface area contributed by atoms with E-state index in [-0.39, 0.29) is 22.1 Å². The van der Waals surface area contributed by atoms with Crippen molar-refractivity contribution in [3.8, 4) is 0 Å². The van der Waals surface area contributed by atoms with Crippen LogP contribution in [0.4, 0.5) is 0 Å². The number of nitrogens with two attached hydrogens (primary N) is 1. The zero-order valence-electron chi connectivity index (χ0n) is 11.9. The van der Waals surface area contributed by atoms with Crippen molar-refractivity contribution in [2.45, 2.75) is 57.9 Å². The molecular weight excluding hydrogens is 262 g/mol. The first-order valence-corrected chi connectivity index (χ1v) is 7.41. The molecule has 2 aliphatic rings. The molecule has 3 N–H and O–H groups in total. The van der Waals surface area contributed by atoms with Gasteiger partial charge < -0.3 is 10.8 Å². The van der Waals surface area contributed by atoms with Crippen molar-refractivity contribution in [2.75, 3.05) is 0 Å². The van der Waals surface area contributed by atoms with Crippen LogP contribution in [0.15, 0.2) is 11.6 Å². The lowest BCUT2D eigenvalue weighted by Gasteiger charge is -2.57. The van der Waals surface area contributed by atoms with Crippen LogP contribution in [0, 0.1) is 16.7 Å². The van der Waals surface area contributed by atoms with Gasteiger partial charge in [0.1, 0.15) is 0 Å². The summed E-state index contributed by atoms with van der Waals surface area (Å²) in [5, 5.41) is 10.0. The number of hydrogen-bond acceptors (Lipinski definition) is 2. The predicted molar refractivity (Wildman–Crippen MR) is 76.8 cm³/mol. The van der Waals surface area contributed by atoms with Crippen LogP contribution in [-0.2, 0) is 4.79 Å². The fraction of sp³-hybridized carbons (Fsp3) is 0.800. The van der Waals surface area contributed by atoms with Crippen molar-refractivity contribution >= 4 is 17.5 Å². The summed E-state index contributed by atoms with van der Waals surface area (Å²) in [6.07, 6.45) is 4.54. The highest BCUT2D eigenvalue weighted by molar-refractivity contribution is 6.21. The Morgan fingerprint density at radius 2 is 2.11 bits per heavy atom. The van der Waals surface area contributed by atoms with E-state index in [1.165, 1.54) is 0 Å². The summed E-state index contributed by atoms with van der Waals surface area (Å²) in [6.45, 7) is 6.51. The molecule has 0 spiro atoms. The number of amides is 1. The van der Waals surface area contributed by atoms with E-state index in [0.29, 0.717) is 12.3 Å². The first kappa shape index (κ1) is 14.9. The van der Waals surface area contributed by atoms with Gasteiger partial charge in [-0.3, -0.25) is 4.79 Å². The third kappa shape index (κ3) is 2.55. The van der Waals surface area contributed by atoms with Gasteiger partial charge in [-0.05, 0) is 42.4 Å². The number of halogens is 1. The number of alkyl halides is 1. The molecule has 1 amide bonds. The first-order valence-electron chi connectivity index (χ1n) is 6.98. The molecule has 0 aromatic carbocycles. The maximum absolute atomic E-state index is 11.1. The van der Waals surface area contributed by atoms with Crippen molar-refractivity contribution in [3.05, 3.63) is 11.6 Å². The number of fused-ring (bicyclic) bond motifs is 1. The van der Waals surface area contributed by atoms with Crippen LogP contribution in [0.5, 0.6) is 0 Å². The third-order valence-corrected chi connectivity index (χ3v) is 6.05. The number of hydrogen-bond donors (Lipinski definition) is 2. The second-order valence-corrected chi connectivity index (χ2v) is 7.59. The fourth-order valence-electron chi connectivity index (χ4n) is 4.49.